The van der Waals surface area contributed by atoms with Gasteiger partial charge in [0.05, 0.1) is 6.61 Å². The molecule has 0 aliphatic heterocycles. The van der Waals surface area contributed by atoms with Crippen molar-refractivity contribution in [2.24, 2.45) is 11.3 Å². The lowest BCUT2D eigenvalue weighted by molar-refractivity contribution is -0.142. The molecular formula is C12H20O2. The van der Waals surface area contributed by atoms with Crippen molar-refractivity contribution in [2.75, 3.05) is 6.61 Å². The van der Waals surface area contributed by atoms with E-state index in [1.165, 1.54) is 6.42 Å². The van der Waals surface area contributed by atoms with Crippen molar-refractivity contribution in [2.45, 2.75) is 40.0 Å². The topological polar surface area (TPSA) is 26.3 Å². The molecule has 1 aliphatic rings. The quantitative estimate of drug-likeness (QED) is 0.512. The minimum absolute atomic E-state index is 0.199. The Bertz CT molecular complexity index is 245. The van der Waals surface area contributed by atoms with Gasteiger partial charge in [0.1, 0.15) is 0 Å². The van der Waals surface area contributed by atoms with E-state index in [9.17, 15) is 4.79 Å². The smallest absolute Gasteiger partial charge is 0.333 e. The Morgan fingerprint density at radius 1 is 1.64 bits per heavy atom. The summed E-state index contributed by atoms with van der Waals surface area (Å²) in [4.78, 5) is 11.2. The van der Waals surface area contributed by atoms with Crippen molar-refractivity contribution in [1.82, 2.24) is 0 Å². The highest BCUT2D eigenvalue weighted by Crippen LogP contribution is 2.41. The van der Waals surface area contributed by atoms with Crippen LogP contribution < -0.4 is 0 Å². The van der Waals surface area contributed by atoms with Gasteiger partial charge in [0.15, 0.2) is 0 Å². The average Bonchev–Trinajstić information content (AvgIpc) is 2.43. The van der Waals surface area contributed by atoms with E-state index in [4.69, 9.17) is 4.74 Å². The molecule has 0 bridgehead atoms. The fourth-order valence-corrected chi connectivity index (χ4v) is 2.13. The van der Waals surface area contributed by atoms with E-state index in [1.54, 1.807) is 6.92 Å². The molecular weight excluding hydrogens is 176 g/mol. The molecule has 0 aromatic carbocycles. The van der Waals surface area contributed by atoms with Crippen LogP contribution in [0.15, 0.2) is 12.2 Å². The maximum atomic E-state index is 11.2. The predicted octanol–water partition coefficient (Wildman–Crippen LogP) is 2.93. The zero-order valence-corrected chi connectivity index (χ0v) is 9.43. The van der Waals surface area contributed by atoms with Crippen molar-refractivity contribution in [3.05, 3.63) is 12.2 Å². The van der Waals surface area contributed by atoms with E-state index in [1.807, 2.05) is 0 Å². The number of hydrogen-bond donors (Lipinski definition) is 0. The molecule has 0 spiro atoms. The fraction of sp³-hybridized carbons (Fsp3) is 0.750. The first-order chi connectivity index (χ1) is 6.43. The Morgan fingerprint density at radius 2 is 2.29 bits per heavy atom. The summed E-state index contributed by atoms with van der Waals surface area (Å²) < 4.78 is 5.20. The second kappa shape index (κ2) is 4.16. The Kier molecular flexibility index (Phi) is 3.35. The third kappa shape index (κ3) is 2.86. The first-order valence-corrected chi connectivity index (χ1v) is 5.25. The molecule has 0 aromatic rings. The summed E-state index contributed by atoms with van der Waals surface area (Å²) >= 11 is 0. The molecule has 2 atom stereocenters. The molecule has 0 heterocycles. The van der Waals surface area contributed by atoms with Crippen LogP contribution in [0.2, 0.25) is 0 Å². The molecule has 80 valence electrons. The number of hydrogen-bond acceptors (Lipinski definition) is 2. The molecule has 2 heteroatoms. The highest BCUT2D eigenvalue weighted by atomic mass is 16.5. The van der Waals surface area contributed by atoms with Crippen molar-refractivity contribution < 1.29 is 9.53 Å². The number of ether oxygens (including phenoxy) is 1. The Labute approximate surface area is 86.3 Å². The van der Waals surface area contributed by atoms with E-state index in [2.05, 4.69) is 20.4 Å². The van der Waals surface area contributed by atoms with Gasteiger partial charge in [0, 0.05) is 11.0 Å². The van der Waals surface area contributed by atoms with E-state index < -0.39 is 0 Å². The third-order valence-corrected chi connectivity index (χ3v) is 2.98. The average molecular weight is 196 g/mol. The summed E-state index contributed by atoms with van der Waals surface area (Å²) in [6.07, 6.45) is 3.58. The van der Waals surface area contributed by atoms with Crippen LogP contribution in [0.1, 0.15) is 40.0 Å². The highest BCUT2D eigenvalue weighted by molar-refractivity contribution is 5.86. The molecule has 1 aliphatic carbocycles. The summed E-state index contributed by atoms with van der Waals surface area (Å²) in [6, 6.07) is 0. The largest absolute Gasteiger partial charge is 0.462 e. The summed E-state index contributed by atoms with van der Waals surface area (Å²) in [5.74, 6) is 0.509. The van der Waals surface area contributed by atoms with Crippen LogP contribution in [0.5, 0.6) is 0 Å². The second-order valence-corrected chi connectivity index (χ2v) is 5.02. The monoisotopic (exact) mass is 196 g/mol. The Hall–Kier alpha value is -0.790. The molecule has 0 aromatic heterocycles. The van der Waals surface area contributed by atoms with Gasteiger partial charge in [0.25, 0.3) is 0 Å². The minimum atomic E-state index is -0.259. The molecule has 1 rings (SSSR count). The molecule has 1 fully saturated rings. The number of rotatable bonds is 3. The third-order valence-electron chi connectivity index (χ3n) is 2.98. The SMILES string of the molecule is C=C(C)C(=O)OCC1(C)CCC(C)C1. The van der Waals surface area contributed by atoms with Crippen molar-refractivity contribution in [1.29, 1.82) is 0 Å². The first-order valence-electron chi connectivity index (χ1n) is 5.25. The molecule has 0 amide bonds. The van der Waals surface area contributed by atoms with Gasteiger partial charge in [-0.1, -0.05) is 26.8 Å². The van der Waals surface area contributed by atoms with Crippen LogP contribution >= 0.6 is 0 Å². The molecule has 0 radical (unpaired) electrons. The Morgan fingerprint density at radius 3 is 2.71 bits per heavy atom. The lowest BCUT2D eigenvalue weighted by atomic mass is 9.89. The van der Waals surface area contributed by atoms with Crippen molar-refractivity contribution >= 4 is 5.97 Å². The molecule has 2 nitrogen and oxygen atoms in total. The lowest BCUT2D eigenvalue weighted by Crippen LogP contribution is -2.22. The summed E-state index contributed by atoms with van der Waals surface area (Å²) in [6.45, 7) is 10.2. The van der Waals surface area contributed by atoms with Crippen LogP contribution in [0.4, 0.5) is 0 Å². The van der Waals surface area contributed by atoms with Gasteiger partial charge in [-0.3, -0.25) is 0 Å². The van der Waals surface area contributed by atoms with Crippen molar-refractivity contribution in [3.63, 3.8) is 0 Å². The molecule has 0 saturated heterocycles. The normalized spacial score (nSPS) is 31.5. The van der Waals surface area contributed by atoms with E-state index in [0.29, 0.717) is 12.2 Å². The van der Waals surface area contributed by atoms with E-state index >= 15 is 0 Å². The van der Waals surface area contributed by atoms with E-state index in [-0.39, 0.29) is 11.4 Å². The van der Waals surface area contributed by atoms with Gasteiger partial charge >= 0.3 is 5.97 Å². The van der Waals surface area contributed by atoms with Crippen LogP contribution in [0, 0.1) is 11.3 Å². The van der Waals surface area contributed by atoms with Crippen molar-refractivity contribution in [3.8, 4) is 0 Å². The molecule has 14 heavy (non-hydrogen) atoms. The molecule has 2 unspecified atom stereocenters. The maximum absolute atomic E-state index is 11.2. The molecule has 1 saturated carbocycles. The maximum Gasteiger partial charge on any atom is 0.333 e. The minimum Gasteiger partial charge on any atom is -0.462 e. The fourth-order valence-electron chi connectivity index (χ4n) is 2.13. The summed E-state index contributed by atoms with van der Waals surface area (Å²) in [7, 11) is 0. The standard InChI is InChI=1S/C12H20O2/c1-9(2)11(13)14-8-12(4)6-5-10(3)7-12/h10H,1,5-8H2,2-4H3. The van der Waals surface area contributed by atoms with Gasteiger partial charge < -0.3 is 4.74 Å². The van der Waals surface area contributed by atoms with Gasteiger partial charge in [0.2, 0.25) is 0 Å². The van der Waals surface area contributed by atoms with E-state index in [0.717, 1.165) is 18.8 Å². The number of esters is 1. The summed E-state index contributed by atoms with van der Waals surface area (Å²) in [5.41, 5.74) is 0.685. The summed E-state index contributed by atoms with van der Waals surface area (Å²) in [5, 5.41) is 0. The zero-order valence-electron chi connectivity index (χ0n) is 9.43. The van der Waals surface area contributed by atoms with Crippen LogP contribution in [-0.4, -0.2) is 12.6 Å². The van der Waals surface area contributed by atoms with Crippen LogP contribution in [0.25, 0.3) is 0 Å². The number of carbonyl (C=O) groups excluding carboxylic acids is 1. The lowest BCUT2D eigenvalue weighted by Gasteiger charge is -2.23. The second-order valence-electron chi connectivity index (χ2n) is 5.02. The van der Waals surface area contributed by atoms with Gasteiger partial charge in [-0.05, 0) is 25.7 Å². The van der Waals surface area contributed by atoms with Gasteiger partial charge in [-0.25, -0.2) is 4.79 Å². The van der Waals surface area contributed by atoms with Gasteiger partial charge in [-0.2, -0.15) is 0 Å². The highest BCUT2D eigenvalue weighted by Gasteiger charge is 2.34. The van der Waals surface area contributed by atoms with Crippen LogP contribution in [0.3, 0.4) is 0 Å². The Balaban J connectivity index is 2.38. The van der Waals surface area contributed by atoms with Crippen LogP contribution in [-0.2, 0) is 9.53 Å². The first kappa shape index (κ1) is 11.3. The number of carbonyl (C=O) groups is 1. The predicted molar refractivity (Wildman–Crippen MR) is 56.9 cm³/mol. The molecule has 0 N–H and O–H groups in total. The van der Waals surface area contributed by atoms with Gasteiger partial charge in [-0.15, -0.1) is 0 Å². The zero-order chi connectivity index (χ0) is 10.8.